The minimum absolute atomic E-state index is 0.203. The van der Waals surface area contributed by atoms with Gasteiger partial charge in [0.25, 0.3) is 5.97 Å². The van der Waals surface area contributed by atoms with Crippen LogP contribution in [-0.4, -0.2) is 22.3 Å². The number of hydrogen-bond donors (Lipinski definition) is 2. The predicted molar refractivity (Wildman–Crippen MR) is 75.6 cm³/mol. The molecule has 106 valence electrons. The van der Waals surface area contributed by atoms with E-state index in [1.54, 1.807) is 0 Å². The SMILES string of the molecule is C=C=C(CCCCCC)C[C@H](O)CC.CC(=O)O. The van der Waals surface area contributed by atoms with Crippen LogP contribution in [0.4, 0.5) is 0 Å². The molecule has 0 unspecified atom stereocenters. The quantitative estimate of drug-likeness (QED) is 0.511. The Morgan fingerprint density at radius 1 is 1.28 bits per heavy atom. The first kappa shape index (κ1) is 19.3. The summed E-state index contributed by atoms with van der Waals surface area (Å²) in [6, 6.07) is 0. The van der Waals surface area contributed by atoms with E-state index in [-0.39, 0.29) is 6.10 Å². The topological polar surface area (TPSA) is 57.5 Å². The first-order valence-electron chi connectivity index (χ1n) is 6.73. The molecule has 0 saturated carbocycles. The standard InChI is InChI=1S/C13H24O.C2H4O2/c1-4-7-8-9-10-12(5-2)11-13(14)6-3;1-2(3)4/h13-14H,2,4,6-11H2,1,3H3;1H3,(H,3,4)/t13-;/m1./s1. The molecule has 0 spiro atoms. The minimum Gasteiger partial charge on any atom is -0.481 e. The van der Waals surface area contributed by atoms with E-state index in [0.717, 1.165) is 26.2 Å². The molecule has 1 atom stereocenters. The Morgan fingerprint density at radius 2 is 1.83 bits per heavy atom. The highest BCUT2D eigenvalue weighted by Gasteiger charge is 2.04. The third-order valence-electron chi connectivity index (χ3n) is 2.54. The lowest BCUT2D eigenvalue weighted by Crippen LogP contribution is -2.05. The van der Waals surface area contributed by atoms with Crippen LogP contribution >= 0.6 is 0 Å². The van der Waals surface area contributed by atoms with Crippen LogP contribution in [0.15, 0.2) is 17.9 Å². The van der Waals surface area contributed by atoms with Crippen LogP contribution in [0, 0.1) is 0 Å². The van der Waals surface area contributed by atoms with Crippen molar-refractivity contribution in [2.75, 3.05) is 0 Å². The molecule has 2 N–H and O–H groups in total. The first-order valence-corrected chi connectivity index (χ1v) is 6.73. The van der Waals surface area contributed by atoms with E-state index in [9.17, 15) is 5.11 Å². The maximum atomic E-state index is 9.47. The number of carboxylic acids is 1. The number of hydrogen-bond acceptors (Lipinski definition) is 2. The minimum atomic E-state index is -0.833. The third-order valence-corrected chi connectivity index (χ3v) is 2.54. The van der Waals surface area contributed by atoms with Gasteiger partial charge in [0.2, 0.25) is 0 Å². The summed E-state index contributed by atoms with van der Waals surface area (Å²) in [5, 5.41) is 16.9. The fourth-order valence-electron chi connectivity index (χ4n) is 1.46. The van der Waals surface area contributed by atoms with E-state index in [2.05, 4.69) is 19.2 Å². The van der Waals surface area contributed by atoms with Crippen LogP contribution in [0.25, 0.3) is 0 Å². The van der Waals surface area contributed by atoms with E-state index in [1.165, 1.54) is 31.3 Å². The molecular weight excluding hydrogens is 228 g/mol. The van der Waals surface area contributed by atoms with Crippen molar-refractivity contribution in [3.8, 4) is 0 Å². The summed E-state index contributed by atoms with van der Waals surface area (Å²) in [6.07, 6.45) is 7.50. The van der Waals surface area contributed by atoms with Gasteiger partial charge >= 0.3 is 0 Å². The lowest BCUT2D eigenvalue weighted by Gasteiger charge is -2.09. The molecule has 18 heavy (non-hydrogen) atoms. The zero-order chi connectivity index (χ0) is 14.4. The zero-order valence-electron chi connectivity index (χ0n) is 12.0. The fourth-order valence-corrected chi connectivity index (χ4v) is 1.46. The van der Waals surface area contributed by atoms with Gasteiger partial charge in [-0.2, -0.15) is 0 Å². The van der Waals surface area contributed by atoms with Gasteiger partial charge in [-0.1, -0.05) is 39.7 Å². The summed E-state index contributed by atoms with van der Waals surface area (Å²) in [5.41, 5.74) is 4.14. The molecule has 0 aromatic carbocycles. The highest BCUT2D eigenvalue weighted by atomic mass is 16.4. The van der Waals surface area contributed by atoms with Gasteiger partial charge in [0.1, 0.15) is 0 Å². The predicted octanol–water partition coefficient (Wildman–Crippen LogP) is 3.92. The Morgan fingerprint density at radius 3 is 2.22 bits per heavy atom. The van der Waals surface area contributed by atoms with Gasteiger partial charge in [-0.05, 0) is 24.8 Å². The molecule has 0 amide bonds. The van der Waals surface area contributed by atoms with Crippen LogP contribution < -0.4 is 0 Å². The van der Waals surface area contributed by atoms with Crippen LogP contribution in [0.2, 0.25) is 0 Å². The van der Waals surface area contributed by atoms with Gasteiger partial charge in [-0.3, -0.25) is 4.79 Å². The number of rotatable bonds is 8. The Labute approximate surface area is 111 Å². The van der Waals surface area contributed by atoms with Crippen LogP contribution in [0.5, 0.6) is 0 Å². The van der Waals surface area contributed by atoms with Crippen molar-refractivity contribution < 1.29 is 15.0 Å². The highest BCUT2D eigenvalue weighted by Crippen LogP contribution is 2.15. The molecular formula is C15H28O3. The summed E-state index contributed by atoms with van der Waals surface area (Å²) >= 11 is 0. The van der Waals surface area contributed by atoms with Gasteiger partial charge in [-0.25, -0.2) is 0 Å². The first-order chi connectivity index (χ1) is 8.47. The molecule has 0 radical (unpaired) electrons. The molecule has 3 nitrogen and oxygen atoms in total. The van der Waals surface area contributed by atoms with Gasteiger partial charge < -0.3 is 10.2 Å². The van der Waals surface area contributed by atoms with Crippen molar-refractivity contribution in [1.29, 1.82) is 0 Å². The van der Waals surface area contributed by atoms with E-state index >= 15 is 0 Å². The van der Waals surface area contributed by atoms with Crippen LogP contribution in [0.3, 0.4) is 0 Å². The summed E-state index contributed by atoms with van der Waals surface area (Å²) < 4.78 is 0. The Hall–Kier alpha value is -1.05. The lowest BCUT2D eigenvalue weighted by molar-refractivity contribution is -0.134. The van der Waals surface area contributed by atoms with Crippen molar-refractivity contribution in [2.45, 2.75) is 71.8 Å². The number of aliphatic carboxylic acids is 1. The van der Waals surface area contributed by atoms with Crippen molar-refractivity contribution in [2.24, 2.45) is 0 Å². The lowest BCUT2D eigenvalue weighted by atomic mass is 10.0. The van der Waals surface area contributed by atoms with Crippen LogP contribution in [-0.2, 0) is 4.79 Å². The summed E-state index contributed by atoms with van der Waals surface area (Å²) in [4.78, 5) is 9.00. The summed E-state index contributed by atoms with van der Waals surface area (Å²) in [6.45, 7) is 8.97. The molecule has 0 bridgehead atoms. The highest BCUT2D eigenvalue weighted by molar-refractivity contribution is 5.62. The molecule has 0 aromatic rings. The van der Waals surface area contributed by atoms with Crippen molar-refractivity contribution in [3.63, 3.8) is 0 Å². The molecule has 0 saturated heterocycles. The average molecular weight is 256 g/mol. The Bertz CT molecular complexity index is 248. The van der Waals surface area contributed by atoms with Crippen molar-refractivity contribution in [3.05, 3.63) is 17.9 Å². The van der Waals surface area contributed by atoms with E-state index < -0.39 is 5.97 Å². The molecule has 0 aliphatic heterocycles. The average Bonchev–Trinajstić information content (AvgIpc) is 2.32. The van der Waals surface area contributed by atoms with Gasteiger partial charge in [0, 0.05) is 13.3 Å². The monoisotopic (exact) mass is 256 g/mol. The van der Waals surface area contributed by atoms with Gasteiger partial charge in [0.15, 0.2) is 0 Å². The normalized spacial score (nSPS) is 10.9. The van der Waals surface area contributed by atoms with Crippen molar-refractivity contribution >= 4 is 5.97 Å². The number of unbranched alkanes of at least 4 members (excludes halogenated alkanes) is 3. The second kappa shape index (κ2) is 14.0. The van der Waals surface area contributed by atoms with Gasteiger partial charge in [0.05, 0.1) is 6.10 Å². The second-order valence-electron chi connectivity index (χ2n) is 4.38. The molecule has 3 heteroatoms. The second-order valence-corrected chi connectivity index (χ2v) is 4.38. The molecule has 0 rings (SSSR count). The third kappa shape index (κ3) is 17.3. The fraction of sp³-hybridized carbons (Fsp3) is 0.733. The van der Waals surface area contributed by atoms with Crippen molar-refractivity contribution in [1.82, 2.24) is 0 Å². The van der Waals surface area contributed by atoms with E-state index in [1.807, 2.05) is 6.92 Å². The maximum absolute atomic E-state index is 9.47. The Balaban J connectivity index is 0. The number of aliphatic hydroxyl groups excluding tert-OH is 1. The molecule has 0 aliphatic rings. The number of aliphatic hydroxyl groups is 1. The number of carboxylic acid groups (broad SMARTS) is 1. The van der Waals surface area contributed by atoms with Crippen LogP contribution in [0.1, 0.15) is 65.7 Å². The summed E-state index contributed by atoms with van der Waals surface area (Å²) in [5.74, 6) is -0.833. The maximum Gasteiger partial charge on any atom is 0.300 e. The Kier molecular flexibility index (Phi) is 15.0. The van der Waals surface area contributed by atoms with E-state index in [0.29, 0.717) is 0 Å². The molecule has 0 aromatic heterocycles. The molecule has 0 heterocycles. The zero-order valence-corrected chi connectivity index (χ0v) is 12.0. The van der Waals surface area contributed by atoms with Gasteiger partial charge in [-0.15, -0.1) is 5.73 Å². The summed E-state index contributed by atoms with van der Waals surface area (Å²) in [7, 11) is 0. The molecule has 0 aliphatic carbocycles. The molecule has 0 fully saturated rings. The number of carbonyl (C=O) groups is 1. The largest absolute Gasteiger partial charge is 0.481 e. The smallest absolute Gasteiger partial charge is 0.300 e. The van der Waals surface area contributed by atoms with E-state index in [4.69, 9.17) is 9.90 Å².